The number of aromatic nitrogens is 1. The van der Waals surface area contributed by atoms with Crippen LogP contribution in [-0.4, -0.2) is 23.4 Å². The Kier molecular flexibility index (Phi) is 9.55. The molecule has 2 nitrogen and oxygen atoms in total. The van der Waals surface area contributed by atoms with E-state index >= 15 is 0 Å². The maximum atomic E-state index is 9.64. The van der Waals surface area contributed by atoms with Crippen LogP contribution in [0.2, 0.25) is 13.3 Å². The second kappa shape index (κ2) is 11.6. The van der Waals surface area contributed by atoms with E-state index in [-0.39, 0.29) is 0 Å². The summed E-state index contributed by atoms with van der Waals surface area (Å²) in [6.45, 7) is 8.91. The quantitative estimate of drug-likeness (QED) is 0.296. The van der Waals surface area contributed by atoms with Gasteiger partial charge in [0.15, 0.2) is 0 Å². The van der Waals surface area contributed by atoms with Crippen molar-refractivity contribution in [1.82, 2.24) is 4.98 Å². The molecule has 0 saturated carbocycles. The fourth-order valence-electron chi connectivity index (χ4n) is 3.94. The number of nitriles is 1. The molecule has 0 radical (unpaired) electrons. The van der Waals surface area contributed by atoms with Gasteiger partial charge in [-0.2, -0.15) is 0 Å². The second-order valence-corrected chi connectivity index (χ2v) is 21.9. The van der Waals surface area contributed by atoms with Crippen LogP contribution < -0.4 is 3.58 Å². The molecule has 0 fully saturated rings. The summed E-state index contributed by atoms with van der Waals surface area (Å²) in [6.07, 6.45) is 6.38. The first-order valence-electron chi connectivity index (χ1n) is 10.6. The summed E-state index contributed by atoms with van der Waals surface area (Å²) >= 11 is -0.919. The number of benzene rings is 1. The molecule has 2 aromatic rings. The molecule has 1 heterocycles. The van der Waals surface area contributed by atoms with Crippen LogP contribution in [-0.2, 0) is 0 Å². The zero-order valence-electron chi connectivity index (χ0n) is 17.8. The normalized spacial score (nSPS) is 11.0. The van der Waals surface area contributed by atoms with E-state index < -0.39 is 18.4 Å². The molecule has 1 aromatic heterocycles. The number of unbranched alkanes of at least 4 members (excludes halogenated alkanes) is 2. The van der Waals surface area contributed by atoms with Crippen molar-refractivity contribution in [1.29, 1.82) is 5.26 Å². The Balaban J connectivity index is 2.49. The molecule has 0 aliphatic rings. The Morgan fingerprint density at radius 3 is 2.14 bits per heavy atom. The van der Waals surface area contributed by atoms with Crippen molar-refractivity contribution in [2.24, 2.45) is 0 Å². The van der Waals surface area contributed by atoms with Crippen LogP contribution in [0, 0.1) is 30.1 Å². The third-order valence-corrected chi connectivity index (χ3v) is 22.1. The molecule has 0 amide bonds. The first-order chi connectivity index (χ1) is 13.6. The molecule has 0 aliphatic heterocycles. The van der Waals surface area contributed by atoms with Crippen LogP contribution in [0.1, 0.15) is 74.7 Å². The summed E-state index contributed by atoms with van der Waals surface area (Å²) in [4.78, 5) is 4.44. The number of hydrogen-bond donors (Lipinski definition) is 0. The molecule has 0 bridgehead atoms. The summed E-state index contributed by atoms with van der Waals surface area (Å²) in [7, 11) is 0. The molecule has 0 saturated heterocycles. The average molecular weight is 499 g/mol. The Bertz CT molecular complexity index is 859. The molecule has 2 rings (SSSR count). The monoisotopic (exact) mass is 500 g/mol. The van der Waals surface area contributed by atoms with Gasteiger partial charge in [-0.3, -0.25) is 0 Å². The molecular formula is C24H32N2SSn. The molecular weight excluding hydrogens is 467 g/mol. The summed E-state index contributed by atoms with van der Waals surface area (Å²) in [5.74, 6) is 6.49. The van der Waals surface area contributed by atoms with Gasteiger partial charge in [-0.25, -0.2) is 0 Å². The Hall–Kier alpha value is -1.30. The third kappa shape index (κ3) is 6.36. The van der Waals surface area contributed by atoms with E-state index in [1.165, 1.54) is 49.0 Å². The minimum absolute atomic E-state index is 0.765. The van der Waals surface area contributed by atoms with E-state index in [2.05, 4.69) is 55.8 Å². The molecule has 0 spiro atoms. The van der Waals surface area contributed by atoms with Gasteiger partial charge in [0.1, 0.15) is 0 Å². The second-order valence-electron chi connectivity index (χ2n) is 7.65. The SMILES string of the molecule is CCC[CH2][Sn]([CH2]CC)([CH2]CCC)[c]1cc(C#N)cc(C#Cc2csc(C)n2)c1. The van der Waals surface area contributed by atoms with Crippen LogP contribution in [0.15, 0.2) is 23.6 Å². The first-order valence-corrected chi connectivity index (χ1v) is 18.9. The first kappa shape index (κ1) is 23.0. The van der Waals surface area contributed by atoms with Gasteiger partial charge in [-0.15, -0.1) is 0 Å². The topological polar surface area (TPSA) is 36.7 Å². The zero-order chi connectivity index (χ0) is 20.4. The van der Waals surface area contributed by atoms with Crippen LogP contribution in [0.25, 0.3) is 0 Å². The van der Waals surface area contributed by atoms with E-state index in [9.17, 15) is 5.26 Å². The average Bonchev–Trinajstić information content (AvgIpc) is 3.13. The van der Waals surface area contributed by atoms with Crippen molar-refractivity contribution in [3.05, 3.63) is 45.4 Å². The summed E-state index contributed by atoms with van der Waals surface area (Å²) in [5.41, 5.74) is 2.57. The van der Waals surface area contributed by atoms with Crippen molar-refractivity contribution in [2.45, 2.75) is 73.1 Å². The van der Waals surface area contributed by atoms with Gasteiger partial charge in [-0.1, -0.05) is 0 Å². The van der Waals surface area contributed by atoms with Gasteiger partial charge in [-0.05, 0) is 0 Å². The van der Waals surface area contributed by atoms with Gasteiger partial charge < -0.3 is 0 Å². The zero-order valence-corrected chi connectivity index (χ0v) is 21.4. The molecule has 1 aromatic carbocycles. The van der Waals surface area contributed by atoms with Gasteiger partial charge in [0.05, 0.1) is 0 Å². The third-order valence-electron chi connectivity index (χ3n) is 5.37. The van der Waals surface area contributed by atoms with Gasteiger partial charge in [0, 0.05) is 0 Å². The maximum absolute atomic E-state index is 9.64. The predicted octanol–water partition coefficient (Wildman–Crippen LogP) is 6.39. The van der Waals surface area contributed by atoms with E-state index in [1.807, 2.05) is 18.4 Å². The predicted molar refractivity (Wildman–Crippen MR) is 124 cm³/mol. The molecule has 0 aliphatic carbocycles. The summed E-state index contributed by atoms with van der Waals surface area (Å²) in [6, 6.07) is 8.86. The van der Waals surface area contributed by atoms with Crippen LogP contribution >= 0.6 is 11.3 Å². The number of rotatable bonds is 9. The molecule has 148 valence electrons. The van der Waals surface area contributed by atoms with Crippen molar-refractivity contribution in [3.8, 4) is 17.9 Å². The minimum atomic E-state index is -2.54. The van der Waals surface area contributed by atoms with Gasteiger partial charge >= 0.3 is 180 Å². The van der Waals surface area contributed by atoms with Crippen LogP contribution in [0.4, 0.5) is 0 Å². The fraction of sp³-hybridized carbons (Fsp3) is 0.500. The van der Waals surface area contributed by atoms with Gasteiger partial charge in [0.25, 0.3) is 0 Å². The van der Waals surface area contributed by atoms with Gasteiger partial charge in [0.2, 0.25) is 0 Å². The Labute approximate surface area is 179 Å². The number of hydrogen-bond acceptors (Lipinski definition) is 3. The van der Waals surface area contributed by atoms with E-state index in [1.54, 1.807) is 11.3 Å². The van der Waals surface area contributed by atoms with Crippen LogP contribution in [0.3, 0.4) is 0 Å². The Morgan fingerprint density at radius 1 is 0.929 bits per heavy atom. The molecule has 0 atom stereocenters. The van der Waals surface area contributed by atoms with E-state index in [0.717, 1.165) is 21.8 Å². The van der Waals surface area contributed by atoms with Crippen molar-refractivity contribution in [2.75, 3.05) is 0 Å². The summed E-state index contributed by atoms with van der Waals surface area (Å²) < 4.78 is 5.68. The van der Waals surface area contributed by atoms with Crippen molar-refractivity contribution in [3.63, 3.8) is 0 Å². The number of thiazole rings is 1. The summed E-state index contributed by atoms with van der Waals surface area (Å²) in [5, 5.41) is 12.7. The molecule has 0 N–H and O–H groups in total. The molecule has 0 unspecified atom stereocenters. The number of nitrogens with zero attached hydrogens (tertiary/aromatic N) is 2. The van der Waals surface area contributed by atoms with E-state index in [4.69, 9.17) is 0 Å². The fourth-order valence-corrected chi connectivity index (χ4v) is 20.4. The molecule has 28 heavy (non-hydrogen) atoms. The molecule has 4 heteroatoms. The Morgan fingerprint density at radius 2 is 1.61 bits per heavy atom. The van der Waals surface area contributed by atoms with E-state index in [0.29, 0.717) is 0 Å². The standard InChI is InChI=1S/C13H7N2S.2C4H9.C3H7.Sn/c1-10-15-13(9-16-10)6-5-11-3-2-4-12(7-11)8-14;2*1-3-4-2;1-3-2;/h3-4,7,9H,1H3;2*1,3-4H2,2H3;1,3H2,2H3;. The van der Waals surface area contributed by atoms with Crippen LogP contribution in [0.5, 0.6) is 0 Å². The number of aryl methyl sites for hydroxylation is 1. The van der Waals surface area contributed by atoms with Crippen molar-refractivity contribution >= 4 is 33.3 Å². The van der Waals surface area contributed by atoms with Crippen molar-refractivity contribution < 1.29 is 0 Å².